The molecular formula is C25H32N2O2S. The van der Waals surface area contributed by atoms with Crippen LogP contribution >= 0.6 is 11.3 Å². The molecule has 1 aliphatic carbocycles. The van der Waals surface area contributed by atoms with Gasteiger partial charge in [0.2, 0.25) is 0 Å². The lowest BCUT2D eigenvalue weighted by Gasteiger charge is -2.49. The number of likely N-dealkylation sites (tertiary alicyclic amines) is 1. The van der Waals surface area contributed by atoms with E-state index < -0.39 is 5.60 Å². The predicted octanol–water partition coefficient (Wildman–Crippen LogP) is 6.48. The molecule has 0 bridgehead atoms. The molecule has 30 heavy (non-hydrogen) atoms. The molecule has 2 aromatic rings. The average Bonchev–Trinajstić information content (AvgIpc) is 3.25. The van der Waals surface area contributed by atoms with Crippen molar-refractivity contribution in [2.24, 2.45) is 5.92 Å². The average molecular weight is 425 g/mol. The van der Waals surface area contributed by atoms with Gasteiger partial charge in [-0.25, -0.2) is 4.79 Å². The van der Waals surface area contributed by atoms with Gasteiger partial charge in [-0.05, 0) is 98.4 Å². The van der Waals surface area contributed by atoms with Crippen LogP contribution < -0.4 is 5.32 Å². The SMILES string of the molecule is CC(C)(C)OC(=O)N1CCC[C@@H]2[C@H](c3ccsc3)Nc3c(ccc4c3CCCC4)[C@@H]21. The van der Waals surface area contributed by atoms with E-state index in [1.165, 1.54) is 40.8 Å². The first-order chi connectivity index (χ1) is 14.4. The fraction of sp³-hybridized carbons (Fsp3) is 0.560. The Hall–Kier alpha value is -2.01. The van der Waals surface area contributed by atoms with Crippen molar-refractivity contribution in [3.8, 4) is 0 Å². The molecule has 3 aliphatic rings. The van der Waals surface area contributed by atoms with Crippen LogP contribution in [0.5, 0.6) is 0 Å². The minimum absolute atomic E-state index is 0.0713. The molecule has 2 aliphatic heterocycles. The Morgan fingerprint density at radius 1 is 1.17 bits per heavy atom. The first kappa shape index (κ1) is 19.9. The predicted molar refractivity (Wildman–Crippen MR) is 122 cm³/mol. The van der Waals surface area contributed by atoms with Crippen LogP contribution in [0, 0.1) is 5.92 Å². The lowest BCUT2D eigenvalue weighted by Crippen LogP contribution is -2.49. The molecule has 5 rings (SSSR count). The summed E-state index contributed by atoms with van der Waals surface area (Å²) in [5.74, 6) is 0.356. The minimum atomic E-state index is -0.484. The first-order valence-electron chi connectivity index (χ1n) is 11.4. The van der Waals surface area contributed by atoms with Crippen molar-refractivity contribution in [1.82, 2.24) is 4.90 Å². The first-order valence-corrected chi connectivity index (χ1v) is 12.3. The Kier molecular flexibility index (Phi) is 5.04. The van der Waals surface area contributed by atoms with Crippen LogP contribution in [0.15, 0.2) is 29.0 Å². The third kappa shape index (κ3) is 3.51. The number of hydrogen-bond acceptors (Lipinski definition) is 4. The molecule has 160 valence electrons. The fourth-order valence-electron chi connectivity index (χ4n) is 5.61. The van der Waals surface area contributed by atoms with Crippen molar-refractivity contribution >= 4 is 23.1 Å². The molecule has 3 heterocycles. The normalized spacial score (nSPS) is 25.6. The second kappa shape index (κ2) is 7.60. The number of nitrogens with zero attached hydrogens (tertiary/aromatic N) is 1. The summed E-state index contributed by atoms with van der Waals surface area (Å²) in [6, 6.07) is 7.16. The zero-order valence-electron chi connectivity index (χ0n) is 18.2. The van der Waals surface area contributed by atoms with Gasteiger partial charge in [-0.2, -0.15) is 11.3 Å². The van der Waals surface area contributed by atoms with E-state index in [4.69, 9.17) is 4.74 Å². The summed E-state index contributed by atoms with van der Waals surface area (Å²) in [4.78, 5) is 15.3. The van der Waals surface area contributed by atoms with Crippen LogP contribution in [0.3, 0.4) is 0 Å². The number of ether oxygens (including phenoxy) is 1. The summed E-state index contributed by atoms with van der Waals surface area (Å²) < 4.78 is 5.85. The lowest BCUT2D eigenvalue weighted by molar-refractivity contribution is -0.00381. The second-order valence-electron chi connectivity index (χ2n) is 9.98. The molecule has 1 N–H and O–H groups in total. The zero-order valence-corrected chi connectivity index (χ0v) is 19.1. The van der Waals surface area contributed by atoms with Crippen molar-refractivity contribution in [1.29, 1.82) is 0 Å². The topological polar surface area (TPSA) is 41.6 Å². The zero-order chi connectivity index (χ0) is 20.9. The maximum atomic E-state index is 13.2. The highest BCUT2D eigenvalue weighted by Crippen LogP contribution is 2.52. The number of benzene rings is 1. The number of carbonyl (C=O) groups excluding carboxylic acids is 1. The van der Waals surface area contributed by atoms with Gasteiger partial charge in [-0.15, -0.1) is 0 Å². The molecule has 1 saturated heterocycles. The molecule has 0 unspecified atom stereocenters. The molecule has 0 radical (unpaired) electrons. The number of rotatable bonds is 1. The van der Waals surface area contributed by atoms with E-state index in [9.17, 15) is 4.79 Å². The van der Waals surface area contributed by atoms with Crippen LogP contribution in [0.4, 0.5) is 10.5 Å². The van der Waals surface area contributed by atoms with Crippen molar-refractivity contribution in [2.45, 2.75) is 77.0 Å². The number of aryl methyl sites for hydroxylation is 1. The van der Waals surface area contributed by atoms with Crippen molar-refractivity contribution in [3.63, 3.8) is 0 Å². The number of amides is 1. The highest BCUT2D eigenvalue weighted by molar-refractivity contribution is 7.08. The molecule has 0 saturated carbocycles. The Bertz CT molecular complexity index is 931. The smallest absolute Gasteiger partial charge is 0.410 e. The number of thiophene rings is 1. The molecular weight excluding hydrogens is 392 g/mol. The van der Waals surface area contributed by atoms with E-state index in [0.29, 0.717) is 5.92 Å². The Morgan fingerprint density at radius 2 is 2.00 bits per heavy atom. The third-order valence-corrected chi connectivity index (χ3v) is 7.52. The summed E-state index contributed by atoms with van der Waals surface area (Å²) in [5, 5.41) is 8.39. The van der Waals surface area contributed by atoms with Gasteiger partial charge < -0.3 is 15.0 Å². The van der Waals surface area contributed by atoms with Crippen LogP contribution in [0.1, 0.15) is 80.8 Å². The van der Waals surface area contributed by atoms with Crippen LogP contribution in [-0.4, -0.2) is 23.1 Å². The summed E-state index contributed by atoms with van der Waals surface area (Å²) in [6.45, 7) is 6.62. The van der Waals surface area contributed by atoms with Crippen LogP contribution in [0.2, 0.25) is 0 Å². The summed E-state index contributed by atoms with van der Waals surface area (Å²) in [5.41, 5.74) is 6.40. The maximum Gasteiger partial charge on any atom is 0.410 e. The largest absolute Gasteiger partial charge is 0.444 e. The summed E-state index contributed by atoms with van der Waals surface area (Å²) in [6.07, 6.45) is 6.78. The molecule has 4 nitrogen and oxygen atoms in total. The van der Waals surface area contributed by atoms with Gasteiger partial charge in [0.15, 0.2) is 0 Å². The molecule has 3 atom stereocenters. The van der Waals surface area contributed by atoms with Gasteiger partial charge in [-0.1, -0.05) is 12.1 Å². The van der Waals surface area contributed by atoms with E-state index in [0.717, 1.165) is 32.2 Å². The number of carbonyl (C=O) groups is 1. The van der Waals surface area contributed by atoms with Crippen LogP contribution in [-0.2, 0) is 17.6 Å². The van der Waals surface area contributed by atoms with E-state index in [-0.39, 0.29) is 18.2 Å². The Morgan fingerprint density at radius 3 is 2.77 bits per heavy atom. The second-order valence-corrected chi connectivity index (χ2v) is 10.8. The van der Waals surface area contributed by atoms with Gasteiger partial charge in [-0.3, -0.25) is 0 Å². The quantitative estimate of drug-likeness (QED) is 0.569. The van der Waals surface area contributed by atoms with Gasteiger partial charge in [0, 0.05) is 18.2 Å². The molecule has 5 heteroatoms. The molecule has 1 amide bonds. The number of piperidine rings is 1. The van der Waals surface area contributed by atoms with Gasteiger partial charge in [0.05, 0.1) is 12.1 Å². The molecule has 1 aromatic heterocycles. The van der Waals surface area contributed by atoms with Gasteiger partial charge >= 0.3 is 6.09 Å². The number of fused-ring (bicyclic) bond motifs is 5. The highest BCUT2D eigenvalue weighted by Gasteiger charge is 2.46. The third-order valence-electron chi connectivity index (χ3n) is 6.82. The summed E-state index contributed by atoms with van der Waals surface area (Å²) in [7, 11) is 0. The Labute approximate surface area is 183 Å². The van der Waals surface area contributed by atoms with Crippen molar-refractivity contribution < 1.29 is 9.53 Å². The highest BCUT2D eigenvalue weighted by atomic mass is 32.1. The number of nitrogens with one attached hydrogen (secondary N) is 1. The number of hydrogen-bond donors (Lipinski definition) is 1. The van der Waals surface area contributed by atoms with Gasteiger partial charge in [0.1, 0.15) is 5.60 Å². The molecule has 1 aromatic carbocycles. The van der Waals surface area contributed by atoms with Gasteiger partial charge in [0.25, 0.3) is 0 Å². The van der Waals surface area contributed by atoms with E-state index in [1.807, 2.05) is 25.7 Å². The summed E-state index contributed by atoms with van der Waals surface area (Å²) >= 11 is 1.75. The van der Waals surface area contributed by atoms with E-state index in [1.54, 1.807) is 11.3 Å². The van der Waals surface area contributed by atoms with Crippen molar-refractivity contribution in [3.05, 3.63) is 51.2 Å². The van der Waals surface area contributed by atoms with Crippen LogP contribution in [0.25, 0.3) is 0 Å². The minimum Gasteiger partial charge on any atom is -0.444 e. The Balaban J connectivity index is 1.61. The lowest BCUT2D eigenvalue weighted by atomic mass is 9.73. The molecule has 0 spiro atoms. The number of anilines is 1. The standard InChI is InChI=1S/C25H32N2O2S/c1-25(2,3)29-24(28)27-13-6-9-19-21(17-12-14-30-15-17)26-22-18-8-5-4-7-16(18)10-11-20(22)23(19)27/h10-12,14-15,19,21,23,26H,4-9,13H2,1-3H3/t19-,21+,23-/m1/s1. The van der Waals surface area contributed by atoms with Crippen molar-refractivity contribution in [2.75, 3.05) is 11.9 Å². The molecule has 1 fully saturated rings. The fourth-order valence-corrected chi connectivity index (χ4v) is 6.30. The maximum absolute atomic E-state index is 13.2. The van der Waals surface area contributed by atoms with E-state index in [2.05, 4.69) is 34.3 Å². The van der Waals surface area contributed by atoms with E-state index >= 15 is 0 Å². The monoisotopic (exact) mass is 424 g/mol.